The number of nitrogen functional groups attached to an aromatic ring is 1. The maximum absolute atomic E-state index is 13.0. The van der Waals surface area contributed by atoms with E-state index < -0.39 is 11.7 Å². The number of amides is 1. The van der Waals surface area contributed by atoms with Gasteiger partial charge in [-0.2, -0.15) is 0 Å². The van der Waals surface area contributed by atoms with Crippen LogP contribution in [0.3, 0.4) is 0 Å². The number of hydrogen-bond acceptors (Lipinski definition) is 2. The third-order valence-electron chi connectivity index (χ3n) is 2.43. The Balaban J connectivity index is 2.25. The molecule has 1 amide bonds. The Morgan fingerprint density at radius 3 is 2.58 bits per heavy atom. The van der Waals surface area contributed by atoms with E-state index in [0.717, 1.165) is 6.07 Å². The minimum absolute atomic E-state index is 0.0927. The molecule has 0 saturated heterocycles. The summed E-state index contributed by atoms with van der Waals surface area (Å²) >= 11 is 11.7. The molecule has 3 nitrogen and oxygen atoms in total. The van der Waals surface area contributed by atoms with Gasteiger partial charge in [-0.05, 0) is 36.4 Å². The number of benzene rings is 2. The second-order valence-electron chi connectivity index (χ2n) is 3.81. The summed E-state index contributed by atoms with van der Waals surface area (Å²) in [7, 11) is 0. The Bertz CT molecular complexity index is 647. The molecular formula is C13H9Cl2FN2O. The van der Waals surface area contributed by atoms with Crippen LogP contribution < -0.4 is 11.1 Å². The van der Waals surface area contributed by atoms with Gasteiger partial charge in [0.2, 0.25) is 0 Å². The number of nitrogens with one attached hydrogen (secondary N) is 1. The highest BCUT2D eigenvalue weighted by molar-refractivity contribution is 6.35. The van der Waals surface area contributed by atoms with Crippen LogP contribution in [0.4, 0.5) is 15.8 Å². The van der Waals surface area contributed by atoms with E-state index in [9.17, 15) is 9.18 Å². The minimum atomic E-state index is -0.572. The van der Waals surface area contributed by atoms with Gasteiger partial charge in [0.1, 0.15) is 5.82 Å². The van der Waals surface area contributed by atoms with Crippen molar-refractivity contribution in [2.75, 3.05) is 11.1 Å². The number of nitrogens with two attached hydrogens (primary N) is 1. The van der Waals surface area contributed by atoms with Crippen LogP contribution in [0.1, 0.15) is 10.4 Å². The second kappa shape index (κ2) is 5.47. The van der Waals surface area contributed by atoms with E-state index in [1.54, 1.807) is 12.1 Å². The van der Waals surface area contributed by atoms with Crippen LogP contribution >= 0.6 is 23.2 Å². The Morgan fingerprint density at radius 2 is 1.89 bits per heavy atom. The zero-order valence-electron chi connectivity index (χ0n) is 9.58. The molecule has 0 bridgehead atoms. The van der Waals surface area contributed by atoms with E-state index in [0.29, 0.717) is 15.7 Å². The van der Waals surface area contributed by atoms with Crippen molar-refractivity contribution in [1.29, 1.82) is 0 Å². The van der Waals surface area contributed by atoms with Crippen molar-refractivity contribution in [2.24, 2.45) is 0 Å². The fraction of sp³-hybridized carbons (Fsp3) is 0. The lowest BCUT2D eigenvalue weighted by Gasteiger charge is -2.08. The number of carbonyl (C=O) groups is 1. The summed E-state index contributed by atoms with van der Waals surface area (Å²) in [5.41, 5.74) is 5.92. The Kier molecular flexibility index (Phi) is 3.93. The summed E-state index contributed by atoms with van der Waals surface area (Å²) in [5, 5.41) is 3.38. The van der Waals surface area contributed by atoms with Crippen LogP contribution in [0.25, 0.3) is 0 Å². The highest BCUT2D eigenvalue weighted by atomic mass is 35.5. The molecule has 0 radical (unpaired) electrons. The van der Waals surface area contributed by atoms with Crippen molar-refractivity contribution in [3.8, 4) is 0 Å². The summed E-state index contributed by atoms with van der Waals surface area (Å²) in [4.78, 5) is 12.0. The summed E-state index contributed by atoms with van der Waals surface area (Å²) in [5.74, 6) is -1.02. The molecule has 2 rings (SSSR count). The van der Waals surface area contributed by atoms with Gasteiger partial charge in [0.05, 0.1) is 16.4 Å². The molecule has 2 aromatic carbocycles. The van der Waals surface area contributed by atoms with E-state index in [4.69, 9.17) is 28.9 Å². The van der Waals surface area contributed by atoms with E-state index in [2.05, 4.69) is 5.32 Å². The zero-order valence-corrected chi connectivity index (χ0v) is 11.1. The largest absolute Gasteiger partial charge is 0.396 e. The van der Waals surface area contributed by atoms with Crippen molar-refractivity contribution in [3.63, 3.8) is 0 Å². The molecule has 0 aromatic heterocycles. The first-order chi connectivity index (χ1) is 8.97. The van der Waals surface area contributed by atoms with Crippen molar-refractivity contribution in [3.05, 3.63) is 57.8 Å². The second-order valence-corrected chi connectivity index (χ2v) is 4.66. The lowest BCUT2D eigenvalue weighted by atomic mass is 10.2. The summed E-state index contributed by atoms with van der Waals surface area (Å²) in [6, 6.07) is 8.41. The molecule has 0 aliphatic rings. The highest BCUT2D eigenvalue weighted by Gasteiger charge is 2.10. The van der Waals surface area contributed by atoms with Crippen LogP contribution in [-0.2, 0) is 0 Å². The number of anilines is 2. The number of hydrogen-bond donors (Lipinski definition) is 2. The first-order valence-electron chi connectivity index (χ1n) is 5.29. The van der Waals surface area contributed by atoms with Crippen LogP contribution in [0, 0.1) is 5.82 Å². The average molecular weight is 299 g/mol. The lowest BCUT2D eigenvalue weighted by molar-refractivity contribution is 0.102. The summed E-state index contributed by atoms with van der Waals surface area (Å²) in [6.45, 7) is 0. The molecule has 0 atom stereocenters. The first kappa shape index (κ1) is 13.6. The molecule has 3 N–H and O–H groups in total. The monoisotopic (exact) mass is 298 g/mol. The summed E-state index contributed by atoms with van der Waals surface area (Å²) < 4.78 is 13.0. The molecule has 0 unspecified atom stereocenters. The molecule has 2 aromatic rings. The highest BCUT2D eigenvalue weighted by Crippen LogP contribution is 2.26. The van der Waals surface area contributed by atoms with E-state index in [-0.39, 0.29) is 11.3 Å². The van der Waals surface area contributed by atoms with E-state index in [1.165, 1.54) is 18.2 Å². The molecule has 0 spiro atoms. The molecule has 0 aliphatic carbocycles. The van der Waals surface area contributed by atoms with Gasteiger partial charge in [-0.1, -0.05) is 23.2 Å². The van der Waals surface area contributed by atoms with Crippen LogP contribution in [0.15, 0.2) is 36.4 Å². The summed E-state index contributed by atoms with van der Waals surface area (Å²) in [6.07, 6.45) is 0. The third kappa shape index (κ3) is 3.16. The van der Waals surface area contributed by atoms with Gasteiger partial charge in [-0.3, -0.25) is 4.79 Å². The predicted octanol–water partition coefficient (Wildman–Crippen LogP) is 3.97. The minimum Gasteiger partial charge on any atom is -0.396 e. The smallest absolute Gasteiger partial charge is 0.255 e. The Hall–Kier alpha value is -1.78. The van der Waals surface area contributed by atoms with Gasteiger partial charge >= 0.3 is 0 Å². The molecule has 0 aliphatic heterocycles. The van der Waals surface area contributed by atoms with Crippen molar-refractivity contribution >= 4 is 40.5 Å². The van der Waals surface area contributed by atoms with Gasteiger partial charge in [0.15, 0.2) is 0 Å². The van der Waals surface area contributed by atoms with Crippen molar-refractivity contribution in [2.45, 2.75) is 0 Å². The van der Waals surface area contributed by atoms with Gasteiger partial charge in [0, 0.05) is 10.6 Å². The van der Waals surface area contributed by atoms with Crippen LogP contribution in [0.5, 0.6) is 0 Å². The van der Waals surface area contributed by atoms with Gasteiger partial charge < -0.3 is 11.1 Å². The topological polar surface area (TPSA) is 55.1 Å². The van der Waals surface area contributed by atoms with E-state index in [1.807, 2.05) is 0 Å². The fourth-order valence-corrected chi connectivity index (χ4v) is 1.81. The molecule has 19 heavy (non-hydrogen) atoms. The van der Waals surface area contributed by atoms with Crippen molar-refractivity contribution in [1.82, 2.24) is 0 Å². The third-order valence-corrected chi connectivity index (χ3v) is 3.00. The molecule has 6 heteroatoms. The SMILES string of the molecule is Nc1cc(C(=O)Nc2cc(Cl)ccc2Cl)ccc1F. The van der Waals surface area contributed by atoms with Gasteiger partial charge in [-0.15, -0.1) is 0 Å². The molecule has 0 fully saturated rings. The molecule has 98 valence electrons. The molecular weight excluding hydrogens is 290 g/mol. The molecule has 0 heterocycles. The predicted molar refractivity (Wildman–Crippen MR) is 75.2 cm³/mol. The number of rotatable bonds is 2. The Labute approximate surface area is 119 Å². The maximum Gasteiger partial charge on any atom is 0.255 e. The van der Waals surface area contributed by atoms with Crippen LogP contribution in [-0.4, -0.2) is 5.91 Å². The fourth-order valence-electron chi connectivity index (χ4n) is 1.47. The lowest BCUT2D eigenvalue weighted by Crippen LogP contribution is -2.12. The zero-order chi connectivity index (χ0) is 14.0. The van der Waals surface area contributed by atoms with Crippen LogP contribution in [0.2, 0.25) is 10.0 Å². The van der Waals surface area contributed by atoms with Gasteiger partial charge in [-0.25, -0.2) is 4.39 Å². The number of halogens is 3. The first-order valence-corrected chi connectivity index (χ1v) is 6.04. The number of carbonyl (C=O) groups excluding carboxylic acids is 1. The normalized spacial score (nSPS) is 10.3. The molecule has 0 saturated carbocycles. The van der Waals surface area contributed by atoms with Gasteiger partial charge in [0.25, 0.3) is 5.91 Å². The quantitative estimate of drug-likeness (QED) is 0.824. The Morgan fingerprint density at radius 1 is 1.16 bits per heavy atom. The van der Waals surface area contributed by atoms with E-state index >= 15 is 0 Å². The average Bonchev–Trinajstić information content (AvgIpc) is 2.37. The van der Waals surface area contributed by atoms with Crippen molar-refractivity contribution < 1.29 is 9.18 Å². The maximum atomic E-state index is 13.0. The standard InChI is InChI=1S/C13H9Cl2FN2O/c14-8-2-3-9(15)12(6-8)18-13(19)7-1-4-10(16)11(17)5-7/h1-6H,17H2,(H,18,19).